The molecule has 0 aromatic heterocycles. The predicted molar refractivity (Wildman–Crippen MR) is 111 cm³/mol. The van der Waals surface area contributed by atoms with E-state index in [4.69, 9.17) is 23.2 Å². The van der Waals surface area contributed by atoms with Gasteiger partial charge in [-0.25, -0.2) is 8.42 Å². The molecule has 1 aromatic rings. The lowest BCUT2D eigenvalue weighted by atomic mass is 10.2. The van der Waals surface area contributed by atoms with Gasteiger partial charge in [-0.05, 0) is 38.0 Å². The van der Waals surface area contributed by atoms with Gasteiger partial charge in [0, 0.05) is 17.5 Å². The van der Waals surface area contributed by atoms with Crippen molar-refractivity contribution in [2.24, 2.45) is 0 Å². The highest BCUT2D eigenvalue weighted by Crippen LogP contribution is 2.30. The van der Waals surface area contributed by atoms with Crippen LogP contribution in [0, 0.1) is 0 Å². The summed E-state index contributed by atoms with van der Waals surface area (Å²) in [5, 5.41) is 4.08. The Kier molecular flexibility index (Phi) is 7.94. The van der Waals surface area contributed by atoms with Gasteiger partial charge in [-0.15, -0.1) is 0 Å². The van der Waals surface area contributed by atoms with Gasteiger partial charge in [-0.2, -0.15) is 11.8 Å². The quantitative estimate of drug-likeness (QED) is 0.624. The highest BCUT2D eigenvalue weighted by Gasteiger charge is 2.29. The number of nitrogens with zero attached hydrogens (tertiary/aromatic N) is 1. The van der Waals surface area contributed by atoms with Crippen molar-refractivity contribution < 1.29 is 13.2 Å². The second-order valence-electron chi connectivity index (χ2n) is 6.40. The molecule has 0 spiro atoms. The third-order valence-electron chi connectivity index (χ3n) is 4.30. The van der Waals surface area contributed by atoms with E-state index in [-0.39, 0.29) is 10.9 Å². The Hall–Kier alpha value is -0.630. The average Bonchev–Trinajstić information content (AvgIpc) is 3.07. The SMILES string of the molecule is C[C@@H](C(=O)NCCSC1CCCC1)N(c1ccc(Cl)c(Cl)c1)S(C)(=O)=O. The molecular weight excluding hydrogens is 415 g/mol. The van der Waals surface area contributed by atoms with E-state index >= 15 is 0 Å². The molecule has 0 heterocycles. The molecule has 1 saturated carbocycles. The lowest BCUT2D eigenvalue weighted by Gasteiger charge is -2.28. The van der Waals surface area contributed by atoms with E-state index in [1.165, 1.54) is 43.9 Å². The van der Waals surface area contributed by atoms with Crippen LogP contribution < -0.4 is 9.62 Å². The first-order chi connectivity index (χ1) is 12.2. The number of hydrogen-bond acceptors (Lipinski definition) is 4. The van der Waals surface area contributed by atoms with Gasteiger partial charge in [0.1, 0.15) is 6.04 Å². The first-order valence-corrected chi connectivity index (χ1v) is 12.2. The fourth-order valence-electron chi connectivity index (χ4n) is 3.03. The molecule has 1 fully saturated rings. The molecule has 1 aliphatic rings. The van der Waals surface area contributed by atoms with E-state index < -0.39 is 16.1 Å². The van der Waals surface area contributed by atoms with E-state index in [0.29, 0.717) is 22.5 Å². The zero-order valence-corrected chi connectivity index (χ0v) is 18.0. The number of anilines is 1. The summed E-state index contributed by atoms with van der Waals surface area (Å²) in [6, 6.07) is 3.61. The van der Waals surface area contributed by atoms with Gasteiger partial charge >= 0.3 is 0 Å². The van der Waals surface area contributed by atoms with Crippen molar-refractivity contribution in [1.82, 2.24) is 5.32 Å². The number of sulfonamides is 1. The number of amides is 1. The first kappa shape index (κ1) is 21.7. The molecule has 1 aliphatic carbocycles. The predicted octanol–water partition coefficient (Wildman–Crippen LogP) is 3.94. The standard InChI is InChI=1S/C17H24Cl2N2O3S2/c1-12(17(22)20-9-10-25-14-5-3-4-6-14)21(26(2,23)24)13-7-8-15(18)16(19)11-13/h7-8,11-12,14H,3-6,9-10H2,1-2H3,(H,20,22)/t12-/m0/s1. The second kappa shape index (κ2) is 9.53. The monoisotopic (exact) mass is 438 g/mol. The molecule has 0 aliphatic heterocycles. The lowest BCUT2D eigenvalue weighted by molar-refractivity contribution is -0.121. The Morgan fingerprint density at radius 2 is 1.96 bits per heavy atom. The molecular formula is C17H24Cl2N2O3S2. The molecule has 0 saturated heterocycles. The number of carbonyl (C=O) groups excluding carboxylic acids is 1. The maximum absolute atomic E-state index is 12.5. The number of rotatable bonds is 8. The largest absolute Gasteiger partial charge is 0.353 e. The van der Waals surface area contributed by atoms with E-state index in [0.717, 1.165) is 16.3 Å². The second-order valence-corrected chi connectivity index (χ2v) is 10.5. The Bertz CT molecular complexity index is 738. The Morgan fingerprint density at radius 1 is 1.31 bits per heavy atom. The zero-order chi connectivity index (χ0) is 19.3. The molecule has 1 amide bonds. The fourth-order valence-corrected chi connectivity index (χ4v) is 5.71. The molecule has 26 heavy (non-hydrogen) atoms. The van der Waals surface area contributed by atoms with Crippen molar-refractivity contribution >= 4 is 56.6 Å². The van der Waals surface area contributed by atoms with Crippen molar-refractivity contribution in [3.8, 4) is 0 Å². The van der Waals surface area contributed by atoms with Gasteiger partial charge in [-0.3, -0.25) is 9.10 Å². The number of thioether (sulfide) groups is 1. The molecule has 0 bridgehead atoms. The van der Waals surface area contributed by atoms with Gasteiger partial charge in [0.05, 0.1) is 22.0 Å². The van der Waals surface area contributed by atoms with Crippen molar-refractivity contribution in [2.45, 2.75) is 43.9 Å². The van der Waals surface area contributed by atoms with Crippen molar-refractivity contribution in [3.63, 3.8) is 0 Å². The highest BCUT2D eigenvalue weighted by atomic mass is 35.5. The van der Waals surface area contributed by atoms with Crippen LogP contribution in [0.25, 0.3) is 0 Å². The molecule has 5 nitrogen and oxygen atoms in total. The summed E-state index contributed by atoms with van der Waals surface area (Å²) >= 11 is 13.8. The smallest absolute Gasteiger partial charge is 0.243 e. The Morgan fingerprint density at radius 3 is 2.54 bits per heavy atom. The molecule has 0 radical (unpaired) electrons. The molecule has 146 valence electrons. The number of benzene rings is 1. The Balaban J connectivity index is 2.00. The van der Waals surface area contributed by atoms with Crippen molar-refractivity contribution in [1.29, 1.82) is 0 Å². The summed E-state index contributed by atoms with van der Waals surface area (Å²) in [7, 11) is -3.67. The van der Waals surface area contributed by atoms with Crippen LogP contribution in [-0.4, -0.2) is 44.2 Å². The zero-order valence-electron chi connectivity index (χ0n) is 14.9. The maximum atomic E-state index is 12.5. The number of carbonyl (C=O) groups is 1. The molecule has 2 rings (SSSR count). The van der Waals surface area contributed by atoms with Gasteiger partial charge in [0.25, 0.3) is 0 Å². The summed E-state index contributed by atoms with van der Waals surface area (Å²) in [4.78, 5) is 12.5. The average molecular weight is 439 g/mol. The molecule has 0 unspecified atom stereocenters. The van der Waals surface area contributed by atoms with E-state index in [1.807, 2.05) is 11.8 Å². The minimum Gasteiger partial charge on any atom is -0.353 e. The van der Waals surface area contributed by atoms with Crippen molar-refractivity contribution in [3.05, 3.63) is 28.2 Å². The maximum Gasteiger partial charge on any atom is 0.243 e. The third kappa shape index (κ3) is 5.94. The summed E-state index contributed by atoms with van der Waals surface area (Å²) in [6.07, 6.45) is 6.12. The normalized spacial score (nSPS) is 16.5. The molecule has 1 N–H and O–H groups in total. The fraction of sp³-hybridized carbons (Fsp3) is 0.588. The van der Waals surface area contributed by atoms with Gasteiger partial charge in [-0.1, -0.05) is 36.0 Å². The van der Waals surface area contributed by atoms with Crippen LogP contribution in [0.3, 0.4) is 0 Å². The van der Waals surface area contributed by atoms with Crippen LogP contribution in [0.4, 0.5) is 5.69 Å². The minimum absolute atomic E-state index is 0.235. The van der Waals surface area contributed by atoms with Crippen LogP contribution >= 0.6 is 35.0 Å². The Labute approximate surface area is 169 Å². The molecule has 1 atom stereocenters. The number of nitrogens with one attached hydrogen (secondary N) is 1. The topological polar surface area (TPSA) is 66.5 Å². The minimum atomic E-state index is -3.67. The van der Waals surface area contributed by atoms with Crippen LogP contribution in [0.15, 0.2) is 18.2 Å². The summed E-state index contributed by atoms with van der Waals surface area (Å²) < 4.78 is 25.6. The molecule has 9 heteroatoms. The van der Waals surface area contributed by atoms with Crippen LogP contribution in [0.5, 0.6) is 0 Å². The number of hydrogen-bond donors (Lipinski definition) is 1. The number of halogens is 2. The van der Waals surface area contributed by atoms with Crippen LogP contribution in [-0.2, 0) is 14.8 Å². The van der Waals surface area contributed by atoms with E-state index in [9.17, 15) is 13.2 Å². The van der Waals surface area contributed by atoms with Gasteiger partial charge in [0.15, 0.2) is 0 Å². The third-order valence-corrected chi connectivity index (χ3v) is 7.67. The highest BCUT2D eigenvalue weighted by molar-refractivity contribution is 7.99. The van der Waals surface area contributed by atoms with Gasteiger partial charge < -0.3 is 5.32 Å². The van der Waals surface area contributed by atoms with Crippen LogP contribution in [0.2, 0.25) is 10.0 Å². The first-order valence-electron chi connectivity index (χ1n) is 8.54. The van der Waals surface area contributed by atoms with Crippen molar-refractivity contribution in [2.75, 3.05) is 22.9 Å². The van der Waals surface area contributed by atoms with Crippen LogP contribution in [0.1, 0.15) is 32.6 Å². The van der Waals surface area contributed by atoms with Gasteiger partial charge in [0.2, 0.25) is 15.9 Å². The van der Waals surface area contributed by atoms with E-state index in [2.05, 4.69) is 5.32 Å². The molecule has 1 aromatic carbocycles. The summed E-state index contributed by atoms with van der Waals surface area (Å²) in [6.45, 7) is 2.08. The van der Waals surface area contributed by atoms with E-state index in [1.54, 1.807) is 6.92 Å². The summed E-state index contributed by atoms with van der Waals surface area (Å²) in [5.41, 5.74) is 0.310. The lowest BCUT2D eigenvalue weighted by Crippen LogP contribution is -2.48. The summed E-state index contributed by atoms with van der Waals surface area (Å²) in [5.74, 6) is 0.489.